The van der Waals surface area contributed by atoms with E-state index in [2.05, 4.69) is 10.6 Å². The van der Waals surface area contributed by atoms with Gasteiger partial charge in [0.05, 0.1) is 11.3 Å². The lowest BCUT2D eigenvalue weighted by atomic mass is 10.0. The number of carboxylic acids is 1. The lowest BCUT2D eigenvalue weighted by Crippen LogP contribution is -2.61. The minimum Gasteiger partial charge on any atom is -0.478 e. The summed E-state index contributed by atoms with van der Waals surface area (Å²) in [6.45, 7) is 0.215. The van der Waals surface area contributed by atoms with E-state index in [-0.39, 0.29) is 17.8 Å². The third-order valence-electron chi connectivity index (χ3n) is 4.89. The Kier molecular flexibility index (Phi) is 5.17. The lowest BCUT2D eigenvalue weighted by molar-refractivity contribution is -0.139. The molecule has 3 aromatic carbocycles. The van der Waals surface area contributed by atoms with Crippen molar-refractivity contribution in [3.63, 3.8) is 0 Å². The highest BCUT2D eigenvalue weighted by Crippen LogP contribution is 2.26. The molecule has 3 N–H and O–H groups in total. The minimum atomic E-state index is -1.48. The molecule has 0 saturated heterocycles. The number of nitrogens with one attached hydrogen (secondary N) is 2. The third kappa shape index (κ3) is 3.73. The Labute approximate surface area is 173 Å². The van der Waals surface area contributed by atoms with Gasteiger partial charge in [0.2, 0.25) is 6.17 Å². The molecular formula is C23H19N3O4. The second-order valence-electron chi connectivity index (χ2n) is 6.82. The van der Waals surface area contributed by atoms with E-state index in [4.69, 9.17) is 0 Å². The zero-order chi connectivity index (χ0) is 21.1. The summed E-state index contributed by atoms with van der Waals surface area (Å²) in [7, 11) is 0. The van der Waals surface area contributed by atoms with E-state index in [1.54, 1.807) is 24.3 Å². The second kappa shape index (κ2) is 8.08. The minimum absolute atomic E-state index is 0.215. The summed E-state index contributed by atoms with van der Waals surface area (Å²) in [4.78, 5) is 37.7. The predicted molar refractivity (Wildman–Crippen MR) is 112 cm³/mol. The van der Waals surface area contributed by atoms with Gasteiger partial charge in [-0.1, -0.05) is 66.7 Å². The van der Waals surface area contributed by atoms with E-state index < -0.39 is 24.1 Å². The van der Waals surface area contributed by atoms with Crippen LogP contribution in [0.25, 0.3) is 11.1 Å². The largest absolute Gasteiger partial charge is 0.478 e. The molecule has 1 aliphatic rings. The molecular weight excluding hydrogens is 382 g/mol. The van der Waals surface area contributed by atoms with Gasteiger partial charge in [-0.25, -0.2) is 9.59 Å². The number of anilines is 1. The van der Waals surface area contributed by atoms with E-state index >= 15 is 0 Å². The van der Waals surface area contributed by atoms with E-state index in [1.807, 2.05) is 54.6 Å². The number of rotatable bonds is 4. The molecule has 3 amide bonds. The summed E-state index contributed by atoms with van der Waals surface area (Å²) in [6, 6.07) is 23.5. The number of nitrogens with zero attached hydrogens (tertiary/aromatic N) is 1. The van der Waals surface area contributed by atoms with Gasteiger partial charge in [-0.2, -0.15) is 0 Å². The van der Waals surface area contributed by atoms with Gasteiger partial charge >= 0.3 is 12.0 Å². The third-order valence-corrected chi connectivity index (χ3v) is 4.89. The first-order valence-electron chi connectivity index (χ1n) is 9.39. The number of aliphatic carboxylic acids is 1. The van der Waals surface area contributed by atoms with E-state index in [9.17, 15) is 19.5 Å². The van der Waals surface area contributed by atoms with Gasteiger partial charge in [-0.15, -0.1) is 0 Å². The summed E-state index contributed by atoms with van der Waals surface area (Å²) >= 11 is 0. The summed E-state index contributed by atoms with van der Waals surface area (Å²) in [5.41, 5.74) is 3.52. The number of benzene rings is 3. The van der Waals surface area contributed by atoms with Gasteiger partial charge in [0.25, 0.3) is 5.91 Å². The summed E-state index contributed by atoms with van der Waals surface area (Å²) < 4.78 is 0. The molecule has 30 heavy (non-hydrogen) atoms. The molecule has 0 bridgehead atoms. The number of carboxylic acid groups (broad SMARTS) is 1. The maximum Gasteiger partial charge on any atom is 0.347 e. The number of hydrogen-bond acceptors (Lipinski definition) is 3. The number of urea groups is 1. The quantitative estimate of drug-likeness (QED) is 0.625. The van der Waals surface area contributed by atoms with Crippen molar-refractivity contribution >= 4 is 23.6 Å². The van der Waals surface area contributed by atoms with E-state index in [0.717, 1.165) is 21.6 Å². The molecule has 7 nitrogen and oxygen atoms in total. The number of fused-ring (bicyclic) bond motifs is 1. The van der Waals surface area contributed by atoms with Crippen molar-refractivity contribution in [2.24, 2.45) is 0 Å². The molecule has 0 fully saturated rings. The first kappa shape index (κ1) is 19.2. The van der Waals surface area contributed by atoms with Crippen LogP contribution in [0.15, 0.2) is 78.9 Å². The highest BCUT2D eigenvalue weighted by molar-refractivity contribution is 6.11. The number of carbonyl (C=O) groups excluding carboxylic acids is 2. The first-order chi connectivity index (χ1) is 14.5. The predicted octanol–water partition coefficient (Wildman–Crippen LogP) is 3.22. The van der Waals surface area contributed by atoms with Gasteiger partial charge < -0.3 is 15.7 Å². The average molecular weight is 401 g/mol. The van der Waals surface area contributed by atoms with Crippen LogP contribution < -0.4 is 15.5 Å². The van der Waals surface area contributed by atoms with Crippen molar-refractivity contribution in [2.45, 2.75) is 12.7 Å². The van der Waals surface area contributed by atoms with Crippen molar-refractivity contribution in [3.8, 4) is 11.1 Å². The Bertz CT molecular complexity index is 1100. The van der Waals surface area contributed by atoms with Crippen LogP contribution >= 0.6 is 0 Å². The zero-order valence-electron chi connectivity index (χ0n) is 15.9. The van der Waals surface area contributed by atoms with Gasteiger partial charge in [0.1, 0.15) is 0 Å². The number of amides is 3. The van der Waals surface area contributed by atoms with Crippen molar-refractivity contribution in [2.75, 3.05) is 4.90 Å². The van der Waals surface area contributed by atoms with E-state index in [1.165, 1.54) is 0 Å². The van der Waals surface area contributed by atoms with E-state index in [0.29, 0.717) is 0 Å². The summed E-state index contributed by atoms with van der Waals surface area (Å²) in [6.07, 6.45) is -1.48. The van der Waals surface area contributed by atoms with Gasteiger partial charge in [-0.3, -0.25) is 9.69 Å². The average Bonchev–Trinajstić information content (AvgIpc) is 2.78. The van der Waals surface area contributed by atoms with Crippen molar-refractivity contribution < 1.29 is 19.5 Å². The standard InChI is InChI=1S/C23H19N3O4/c27-21-18-8-4-5-9-19(18)26(20(25-21)22(28)29)23(30)24-14-15-10-12-17(13-11-15)16-6-2-1-3-7-16/h1-13,20H,14H2,(H,24,30)(H,25,27)(H,28,29). The second-order valence-corrected chi connectivity index (χ2v) is 6.82. The number of hydrogen-bond donors (Lipinski definition) is 3. The number of para-hydroxylation sites is 1. The number of carbonyl (C=O) groups is 3. The summed E-state index contributed by atoms with van der Waals surface area (Å²) in [5, 5.41) is 14.6. The molecule has 1 unspecified atom stereocenters. The maximum absolute atomic E-state index is 12.8. The first-order valence-corrected chi connectivity index (χ1v) is 9.39. The molecule has 0 spiro atoms. The normalized spacial score (nSPS) is 15.1. The molecule has 4 rings (SSSR count). The van der Waals surface area contributed by atoms with Crippen LogP contribution in [0, 0.1) is 0 Å². The van der Waals surface area contributed by atoms with Crippen LogP contribution in [-0.2, 0) is 11.3 Å². The zero-order valence-corrected chi connectivity index (χ0v) is 15.9. The Hall–Kier alpha value is -4.13. The van der Waals surface area contributed by atoms with Gasteiger partial charge in [-0.05, 0) is 28.8 Å². The Morgan fingerprint density at radius 2 is 1.53 bits per heavy atom. The lowest BCUT2D eigenvalue weighted by Gasteiger charge is -2.34. The fraction of sp³-hybridized carbons (Fsp3) is 0.0870. The smallest absolute Gasteiger partial charge is 0.347 e. The molecule has 0 radical (unpaired) electrons. The fourth-order valence-electron chi connectivity index (χ4n) is 3.39. The topological polar surface area (TPSA) is 98.7 Å². The Morgan fingerprint density at radius 1 is 0.900 bits per heavy atom. The molecule has 0 saturated carbocycles. The van der Waals surface area contributed by atoms with Gasteiger partial charge in [0.15, 0.2) is 0 Å². The fourth-order valence-corrected chi connectivity index (χ4v) is 3.39. The monoisotopic (exact) mass is 401 g/mol. The van der Waals surface area contributed by atoms with Crippen LogP contribution in [0.4, 0.5) is 10.5 Å². The summed E-state index contributed by atoms with van der Waals surface area (Å²) in [5.74, 6) is -1.85. The van der Waals surface area contributed by atoms with Crippen LogP contribution in [0.2, 0.25) is 0 Å². The van der Waals surface area contributed by atoms with Crippen molar-refractivity contribution in [1.82, 2.24) is 10.6 Å². The highest BCUT2D eigenvalue weighted by atomic mass is 16.4. The van der Waals surface area contributed by atoms with Crippen LogP contribution in [0.5, 0.6) is 0 Å². The van der Waals surface area contributed by atoms with Crippen LogP contribution in [0.1, 0.15) is 15.9 Å². The molecule has 1 aliphatic heterocycles. The molecule has 7 heteroatoms. The van der Waals surface area contributed by atoms with Crippen molar-refractivity contribution in [1.29, 1.82) is 0 Å². The molecule has 0 aromatic heterocycles. The Balaban J connectivity index is 1.51. The molecule has 1 atom stereocenters. The Morgan fingerprint density at radius 3 is 2.23 bits per heavy atom. The van der Waals surface area contributed by atoms with Crippen molar-refractivity contribution in [3.05, 3.63) is 90.0 Å². The molecule has 150 valence electrons. The molecule has 3 aromatic rings. The molecule has 1 heterocycles. The SMILES string of the molecule is O=C1NC(C(=O)O)N(C(=O)NCc2ccc(-c3ccccc3)cc2)c2ccccc21. The molecule has 0 aliphatic carbocycles. The maximum atomic E-state index is 12.8. The van der Waals surface area contributed by atoms with Crippen LogP contribution in [-0.4, -0.2) is 29.2 Å². The highest BCUT2D eigenvalue weighted by Gasteiger charge is 2.38. The van der Waals surface area contributed by atoms with Gasteiger partial charge in [0, 0.05) is 6.54 Å². The van der Waals surface area contributed by atoms with Crippen LogP contribution in [0.3, 0.4) is 0 Å².